The molecule has 1 saturated heterocycles. The number of benzene rings is 1. The first-order valence-electron chi connectivity index (χ1n) is 11.1. The largest absolute Gasteiger partial charge is 0.497 e. The number of H-pyrrole nitrogens is 1. The lowest BCUT2D eigenvalue weighted by molar-refractivity contribution is -0.116. The van der Waals surface area contributed by atoms with Crippen molar-refractivity contribution in [3.63, 3.8) is 0 Å². The molecule has 2 N–H and O–H groups in total. The van der Waals surface area contributed by atoms with Crippen molar-refractivity contribution in [2.75, 3.05) is 25.5 Å². The molecule has 1 aromatic carbocycles. The van der Waals surface area contributed by atoms with Crippen LogP contribution in [0.3, 0.4) is 0 Å². The lowest BCUT2D eigenvalue weighted by atomic mass is 9.93. The van der Waals surface area contributed by atoms with Crippen LogP contribution in [0.5, 0.6) is 5.75 Å². The Bertz CT molecular complexity index is 906. The van der Waals surface area contributed by atoms with Crippen molar-refractivity contribution in [1.29, 1.82) is 0 Å². The average molecular weight is 427 g/mol. The molecule has 1 atom stereocenters. The molecule has 0 radical (unpaired) electrons. The molecular formula is C24H34N4O3. The van der Waals surface area contributed by atoms with E-state index >= 15 is 0 Å². The maximum atomic E-state index is 12.9. The molecule has 1 aromatic heterocycles. The Kier molecular flexibility index (Phi) is 7.71. The topological polar surface area (TPSA) is 87.3 Å². The quantitative estimate of drug-likeness (QED) is 0.662. The van der Waals surface area contributed by atoms with Crippen LogP contribution in [0, 0.1) is 18.8 Å². The fraction of sp³-hybridized carbons (Fsp3) is 0.542. The van der Waals surface area contributed by atoms with Crippen LogP contribution in [0.15, 0.2) is 24.3 Å². The summed E-state index contributed by atoms with van der Waals surface area (Å²) in [5.41, 5.74) is 3.27. The first kappa shape index (κ1) is 22.8. The highest BCUT2D eigenvalue weighted by Gasteiger charge is 2.26. The molecule has 2 aromatic rings. The molecule has 0 saturated carbocycles. The van der Waals surface area contributed by atoms with Gasteiger partial charge in [-0.15, -0.1) is 0 Å². The van der Waals surface area contributed by atoms with E-state index < -0.39 is 0 Å². The summed E-state index contributed by atoms with van der Waals surface area (Å²) in [6.07, 6.45) is 4.09. The van der Waals surface area contributed by atoms with E-state index in [1.807, 2.05) is 36.1 Å². The van der Waals surface area contributed by atoms with Gasteiger partial charge < -0.3 is 15.0 Å². The highest BCUT2D eigenvalue weighted by atomic mass is 16.5. The number of methoxy groups -OCH3 is 1. The van der Waals surface area contributed by atoms with Crippen molar-refractivity contribution >= 4 is 17.5 Å². The number of rotatable bonds is 8. The number of amides is 2. The number of anilines is 1. The predicted octanol–water partition coefficient (Wildman–Crippen LogP) is 4.20. The second-order valence-electron chi connectivity index (χ2n) is 8.90. The maximum absolute atomic E-state index is 12.9. The number of aromatic nitrogens is 2. The molecular weight excluding hydrogens is 392 g/mol. The van der Waals surface area contributed by atoms with E-state index in [1.54, 1.807) is 7.11 Å². The number of nitrogens with zero attached hydrogens (tertiary/aromatic N) is 2. The third-order valence-electron chi connectivity index (χ3n) is 5.77. The van der Waals surface area contributed by atoms with E-state index in [4.69, 9.17) is 4.74 Å². The van der Waals surface area contributed by atoms with Gasteiger partial charge in [0.2, 0.25) is 5.91 Å². The third-order valence-corrected chi connectivity index (χ3v) is 5.77. The summed E-state index contributed by atoms with van der Waals surface area (Å²) >= 11 is 0. The molecule has 31 heavy (non-hydrogen) atoms. The second kappa shape index (κ2) is 10.5. The monoisotopic (exact) mass is 426 g/mol. The fourth-order valence-electron chi connectivity index (χ4n) is 4.11. The molecule has 0 aliphatic carbocycles. The standard InChI is InChI=1S/C24H34N4O3/c1-16(2)12-19-14-22(27-26-19)24(30)28-11-5-6-18(15-28)7-10-23(29)25-21-9-8-20(31-4)13-17(21)3/h8-9,13-14,16,18H,5-7,10-12,15H2,1-4H3,(H,25,29)(H,26,27)/t18-/m0/s1. The number of hydrogen-bond donors (Lipinski definition) is 2. The fourth-order valence-corrected chi connectivity index (χ4v) is 4.11. The van der Waals surface area contributed by atoms with Crippen LogP contribution in [0.1, 0.15) is 61.3 Å². The summed E-state index contributed by atoms with van der Waals surface area (Å²) in [5.74, 6) is 1.59. The molecule has 0 bridgehead atoms. The molecule has 0 unspecified atom stereocenters. The van der Waals surface area contributed by atoms with Crippen molar-refractivity contribution < 1.29 is 14.3 Å². The van der Waals surface area contributed by atoms with Gasteiger partial charge in [-0.25, -0.2) is 0 Å². The van der Waals surface area contributed by atoms with Crippen LogP contribution in [-0.4, -0.2) is 47.1 Å². The molecule has 1 fully saturated rings. The van der Waals surface area contributed by atoms with Crippen molar-refractivity contribution in [3.8, 4) is 5.75 Å². The molecule has 2 heterocycles. The average Bonchev–Trinajstić information content (AvgIpc) is 3.21. The first-order valence-corrected chi connectivity index (χ1v) is 11.1. The molecule has 1 aliphatic rings. The van der Waals surface area contributed by atoms with E-state index in [2.05, 4.69) is 29.4 Å². The summed E-state index contributed by atoms with van der Waals surface area (Å²) < 4.78 is 5.21. The van der Waals surface area contributed by atoms with Gasteiger partial charge in [-0.1, -0.05) is 13.8 Å². The Morgan fingerprint density at radius 3 is 2.84 bits per heavy atom. The molecule has 3 rings (SSSR count). The Morgan fingerprint density at radius 2 is 2.13 bits per heavy atom. The van der Waals surface area contributed by atoms with Gasteiger partial charge in [0.15, 0.2) is 0 Å². The van der Waals surface area contributed by atoms with Crippen molar-refractivity contribution in [3.05, 3.63) is 41.2 Å². The predicted molar refractivity (Wildman–Crippen MR) is 121 cm³/mol. The molecule has 7 nitrogen and oxygen atoms in total. The molecule has 7 heteroatoms. The van der Waals surface area contributed by atoms with Crippen LogP contribution in [-0.2, 0) is 11.2 Å². The third kappa shape index (κ3) is 6.32. The number of piperidine rings is 1. The van der Waals surface area contributed by atoms with Crippen LogP contribution in [0.25, 0.3) is 0 Å². The number of carbonyl (C=O) groups is 2. The number of nitrogens with one attached hydrogen (secondary N) is 2. The van der Waals surface area contributed by atoms with Gasteiger partial charge in [0, 0.05) is 30.9 Å². The van der Waals surface area contributed by atoms with Gasteiger partial charge in [0.25, 0.3) is 5.91 Å². The van der Waals surface area contributed by atoms with E-state index in [1.165, 1.54) is 0 Å². The first-order chi connectivity index (χ1) is 14.9. The number of ether oxygens (including phenoxy) is 1. The summed E-state index contributed by atoms with van der Waals surface area (Å²) in [6, 6.07) is 7.48. The van der Waals surface area contributed by atoms with E-state index in [0.717, 1.165) is 54.9 Å². The van der Waals surface area contributed by atoms with Gasteiger partial charge in [0.05, 0.1) is 7.11 Å². The van der Waals surface area contributed by atoms with Crippen LogP contribution in [0.4, 0.5) is 5.69 Å². The number of aryl methyl sites for hydroxylation is 1. The zero-order chi connectivity index (χ0) is 22.4. The van der Waals surface area contributed by atoms with Gasteiger partial charge in [-0.3, -0.25) is 14.7 Å². The smallest absolute Gasteiger partial charge is 0.274 e. The van der Waals surface area contributed by atoms with Gasteiger partial charge in [0.1, 0.15) is 11.4 Å². The normalized spacial score (nSPS) is 16.4. The Balaban J connectivity index is 1.49. The SMILES string of the molecule is COc1ccc(NC(=O)CC[C@@H]2CCCN(C(=O)c3cc(CC(C)C)[nH]n3)C2)c(C)c1. The minimum atomic E-state index is -0.0192. The highest BCUT2D eigenvalue weighted by Crippen LogP contribution is 2.24. The summed E-state index contributed by atoms with van der Waals surface area (Å²) in [4.78, 5) is 27.2. The minimum absolute atomic E-state index is 0.00217. The van der Waals surface area contributed by atoms with Gasteiger partial charge in [-0.05, 0) is 74.3 Å². The number of carbonyl (C=O) groups excluding carboxylic acids is 2. The van der Waals surface area contributed by atoms with Crippen molar-refractivity contribution in [2.45, 2.75) is 52.9 Å². The molecule has 1 aliphatic heterocycles. The number of hydrogen-bond acceptors (Lipinski definition) is 4. The van der Waals surface area contributed by atoms with Gasteiger partial charge >= 0.3 is 0 Å². The summed E-state index contributed by atoms with van der Waals surface area (Å²) in [6.45, 7) is 7.66. The minimum Gasteiger partial charge on any atom is -0.497 e. The lowest BCUT2D eigenvalue weighted by Crippen LogP contribution is -2.40. The Morgan fingerprint density at radius 1 is 1.32 bits per heavy atom. The molecule has 2 amide bonds. The number of aromatic amines is 1. The van der Waals surface area contributed by atoms with E-state index in [9.17, 15) is 9.59 Å². The number of likely N-dealkylation sites (tertiary alicyclic amines) is 1. The maximum Gasteiger partial charge on any atom is 0.274 e. The van der Waals surface area contributed by atoms with Crippen LogP contribution in [0.2, 0.25) is 0 Å². The molecule has 168 valence electrons. The zero-order valence-electron chi connectivity index (χ0n) is 19.0. The highest BCUT2D eigenvalue weighted by molar-refractivity contribution is 5.92. The lowest BCUT2D eigenvalue weighted by Gasteiger charge is -2.32. The van der Waals surface area contributed by atoms with Crippen molar-refractivity contribution in [1.82, 2.24) is 15.1 Å². The van der Waals surface area contributed by atoms with Crippen LogP contribution < -0.4 is 10.1 Å². The zero-order valence-corrected chi connectivity index (χ0v) is 19.0. The Labute approximate surface area is 184 Å². The van der Waals surface area contributed by atoms with Crippen molar-refractivity contribution in [2.24, 2.45) is 11.8 Å². The van der Waals surface area contributed by atoms with Crippen LogP contribution >= 0.6 is 0 Å². The van der Waals surface area contributed by atoms with Gasteiger partial charge in [-0.2, -0.15) is 5.10 Å². The second-order valence-corrected chi connectivity index (χ2v) is 8.90. The van der Waals surface area contributed by atoms with E-state index in [0.29, 0.717) is 30.5 Å². The summed E-state index contributed by atoms with van der Waals surface area (Å²) in [7, 11) is 1.63. The Hall–Kier alpha value is -2.83. The summed E-state index contributed by atoms with van der Waals surface area (Å²) in [5, 5.41) is 10.2. The van der Waals surface area contributed by atoms with E-state index in [-0.39, 0.29) is 11.8 Å². The molecule has 0 spiro atoms.